The smallest absolute Gasteiger partial charge is 0.265 e. The maximum atomic E-state index is 12.7. The molecular formula is C26H34N4O3. The largest absolute Gasteiger partial charge is 0.482 e. The Labute approximate surface area is 196 Å². The Hall–Kier alpha value is -3.06. The lowest BCUT2D eigenvalue weighted by atomic mass is 9.86. The number of amides is 2. The molecule has 4 rings (SSSR count). The number of nitrogens with zero attached hydrogens (tertiary/aromatic N) is 3. The summed E-state index contributed by atoms with van der Waals surface area (Å²) in [5.74, 6) is 0.299. The van der Waals surface area contributed by atoms with Crippen molar-refractivity contribution in [3.05, 3.63) is 54.1 Å². The third kappa shape index (κ3) is 5.66. The average molecular weight is 451 g/mol. The van der Waals surface area contributed by atoms with Gasteiger partial charge in [0.2, 0.25) is 5.91 Å². The first-order valence-electron chi connectivity index (χ1n) is 11.7. The van der Waals surface area contributed by atoms with Gasteiger partial charge in [-0.25, -0.2) is 0 Å². The average Bonchev–Trinajstić information content (AvgIpc) is 2.81. The van der Waals surface area contributed by atoms with Crippen LogP contribution in [0.2, 0.25) is 0 Å². The summed E-state index contributed by atoms with van der Waals surface area (Å²) in [4.78, 5) is 31.5. The van der Waals surface area contributed by atoms with E-state index in [0.717, 1.165) is 38.3 Å². The fourth-order valence-electron chi connectivity index (χ4n) is 4.26. The Morgan fingerprint density at radius 1 is 1.03 bits per heavy atom. The molecular weight excluding hydrogens is 416 g/mol. The Balaban J connectivity index is 1.27. The van der Waals surface area contributed by atoms with Crippen molar-refractivity contribution in [3.63, 3.8) is 0 Å². The number of rotatable bonds is 6. The minimum atomic E-state index is -0.194. The number of nitrogens with one attached hydrogen (secondary N) is 1. The van der Waals surface area contributed by atoms with Crippen molar-refractivity contribution in [3.8, 4) is 5.75 Å². The fourth-order valence-corrected chi connectivity index (χ4v) is 4.26. The van der Waals surface area contributed by atoms with Crippen LogP contribution in [-0.2, 0) is 15.0 Å². The van der Waals surface area contributed by atoms with E-state index in [4.69, 9.17) is 4.74 Å². The van der Waals surface area contributed by atoms with E-state index in [1.54, 1.807) is 4.90 Å². The second-order valence-corrected chi connectivity index (χ2v) is 9.72. The van der Waals surface area contributed by atoms with Gasteiger partial charge in [0.1, 0.15) is 12.3 Å². The molecule has 1 fully saturated rings. The summed E-state index contributed by atoms with van der Waals surface area (Å²) in [6.07, 6.45) is 0. The topological polar surface area (TPSA) is 65.1 Å². The molecule has 2 heterocycles. The predicted molar refractivity (Wildman–Crippen MR) is 131 cm³/mol. The summed E-state index contributed by atoms with van der Waals surface area (Å²) in [5, 5.41) is 2.99. The van der Waals surface area contributed by atoms with Crippen molar-refractivity contribution in [1.29, 1.82) is 0 Å². The number of anilines is 2. The molecule has 0 unspecified atom stereocenters. The normalized spacial score (nSPS) is 16.9. The maximum Gasteiger partial charge on any atom is 0.265 e. The van der Waals surface area contributed by atoms with Crippen LogP contribution in [0.25, 0.3) is 0 Å². The van der Waals surface area contributed by atoms with Gasteiger partial charge in [0.05, 0.1) is 5.69 Å². The van der Waals surface area contributed by atoms with Gasteiger partial charge in [0.25, 0.3) is 5.91 Å². The van der Waals surface area contributed by atoms with Gasteiger partial charge in [0, 0.05) is 45.0 Å². The van der Waals surface area contributed by atoms with E-state index in [1.807, 2.05) is 24.3 Å². The molecule has 2 aromatic carbocycles. The van der Waals surface area contributed by atoms with Crippen LogP contribution in [-0.4, -0.2) is 69.1 Å². The molecule has 33 heavy (non-hydrogen) atoms. The summed E-state index contributed by atoms with van der Waals surface area (Å²) in [6.45, 7) is 11.6. The van der Waals surface area contributed by atoms with Gasteiger partial charge < -0.3 is 15.0 Å². The molecule has 176 valence electrons. The summed E-state index contributed by atoms with van der Waals surface area (Å²) < 4.78 is 5.58. The van der Waals surface area contributed by atoms with Crippen LogP contribution in [0, 0.1) is 0 Å². The van der Waals surface area contributed by atoms with Gasteiger partial charge in [-0.05, 0) is 35.2 Å². The third-order valence-corrected chi connectivity index (χ3v) is 6.31. The van der Waals surface area contributed by atoms with E-state index >= 15 is 0 Å². The zero-order valence-corrected chi connectivity index (χ0v) is 19.8. The molecule has 0 saturated carbocycles. The highest BCUT2D eigenvalue weighted by atomic mass is 16.5. The maximum absolute atomic E-state index is 12.7. The van der Waals surface area contributed by atoms with E-state index in [2.05, 4.69) is 60.2 Å². The van der Waals surface area contributed by atoms with Crippen LogP contribution in [0.4, 0.5) is 11.4 Å². The molecule has 2 amide bonds. The van der Waals surface area contributed by atoms with Crippen molar-refractivity contribution in [1.82, 2.24) is 10.2 Å². The zero-order valence-electron chi connectivity index (χ0n) is 19.8. The number of ether oxygens (including phenoxy) is 1. The molecule has 0 spiro atoms. The van der Waals surface area contributed by atoms with Gasteiger partial charge >= 0.3 is 0 Å². The first-order valence-corrected chi connectivity index (χ1v) is 11.7. The third-order valence-electron chi connectivity index (χ3n) is 6.31. The summed E-state index contributed by atoms with van der Waals surface area (Å²) in [7, 11) is 0. The molecule has 7 heteroatoms. The monoisotopic (exact) mass is 450 g/mol. The van der Waals surface area contributed by atoms with Crippen LogP contribution >= 0.6 is 0 Å². The zero-order chi connectivity index (χ0) is 23.4. The van der Waals surface area contributed by atoms with Crippen molar-refractivity contribution < 1.29 is 14.3 Å². The molecule has 2 aromatic rings. The van der Waals surface area contributed by atoms with E-state index < -0.39 is 0 Å². The molecule has 1 N–H and O–H groups in total. The van der Waals surface area contributed by atoms with E-state index in [0.29, 0.717) is 18.0 Å². The molecule has 0 aliphatic carbocycles. The van der Waals surface area contributed by atoms with E-state index in [1.165, 1.54) is 5.69 Å². The minimum absolute atomic E-state index is 0.00454. The Bertz CT molecular complexity index is 979. The van der Waals surface area contributed by atoms with Crippen LogP contribution in [0.3, 0.4) is 0 Å². The number of carbonyl (C=O) groups excluding carboxylic acids is 2. The highest BCUT2D eigenvalue weighted by Gasteiger charge is 2.29. The first-order chi connectivity index (χ1) is 15.8. The number of hydrogen-bond donors (Lipinski definition) is 1. The molecule has 2 aliphatic heterocycles. The summed E-state index contributed by atoms with van der Waals surface area (Å²) in [6, 6.07) is 16.3. The SMILES string of the molecule is CC(C)(C)c1ccc2c(c1)N(CC(=O)NCCN1CCN(c3ccccc3)CC1)C(=O)CO2. The van der Waals surface area contributed by atoms with Crippen molar-refractivity contribution in [2.75, 3.05) is 62.2 Å². The Kier molecular flexibility index (Phi) is 6.88. The lowest BCUT2D eigenvalue weighted by Crippen LogP contribution is -2.49. The number of carbonyl (C=O) groups is 2. The molecule has 0 radical (unpaired) electrons. The van der Waals surface area contributed by atoms with Gasteiger partial charge in [-0.15, -0.1) is 0 Å². The number of hydrogen-bond acceptors (Lipinski definition) is 5. The van der Waals surface area contributed by atoms with Crippen molar-refractivity contribution in [2.24, 2.45) is 0 Å². The molecule has 0 atom stereocenters. The lowest BCUT2D eigenvalue weighted by molar-refractivity contribution is -0.125. The van der Waals surface area contributed by atoms with Crippen LogP contribution in [0.1, 0.15) is 26.3 Å². The fraction of sp³-hybridized carbons (Fsp3) is 0.462. The number of benzene rings is 2. The number of fused-ring (bicyclic) bond motifs is 1. The molecule has 1 saturated heterocycles. The number of piperazine rings is 1. The quantitative estimate of drug-likeness (QED) is 0.733. The van der Waals surface area contributed by atoms with E-state index in [-0.39, 0.29) is 30.4 Å². The molecule has 0 aromatic heterocycles. The highest BCUT2D eigenvalue weighted by Crippen LogP contribution is 2.36. The molecule has 0 bridgehead atoms. The van der Waals surface area contributed by atoms with E-state index in [9.17, 15) is 9.59 Å². The minimum Gasteiger partial charge on any atom is -0.482 e. The van der Waals surface area contributed by atoms with Gasteiger partial charge in [-0.2, -0.15) is 0 Å². The Morgan fingerprint density at radius 2 is 1.76 bits per heavy atom. The standard InChI is InChI=1S/C26H34N4O3/c1-26(2,3)20-9-10-23-22(17-20)30(25(32)19-33-23)18-24(31)27-11-12-28-13-15-29(16-14-28)21-7-5-4-6-8-21/h4-10,17H,11-16,18-19H2,1-3H3,(H,27,31). The van der Waals surface area contributed by atoms with Crippen molar-refractivity contribution >= 4 is 23.2 Å². The van der Waals surface area contributed by atoms with Crippen LogP contribution < -0.4 is 19.9 Å². The van der Waals surface area contributed by atoms with Gasteiger partial charge in [-0.1, -0.05) is 45.0 Å². The van der Waals surface area contributed by atoms with Gasteiger partial charge in [0.15, 0.2) is 6.61 Å². The predicted octanol–water partition coefficient (Wildman–Crippen LogP) is 2.65. The molecule has 7 nitrogen and oxygen atoms in total. The Morgan fingerprint density at radius 3 is 2.45 bits per heavy atom. The number of para-hydroxylation sites is 1. The second kappa shape index (κ2) is 9.83. The van der Waals surface area contributed by atoms with Gasteiger partial charge in [-0.3, -0.25) is 19.4 Å². The van der Waals surface area contributed by atoms with Crippen molar-refractivity contribution in [2.45, 2.75) is 26.2 Å². The van der Waals surface area contributed by atoms with Crippen LogP contribution in [0.5, 0.6) is 5.75 Å². The second-order valence-electron chi connectivity index (χ2n) is 9.72. The first kappa shape index (κ1) is 23.1. The summed E-state index contributed by atoms with van der Waals surface area (Å²) in [5.41, 5.74) is 2.97. The van der Waals surface area contributed by atoms with Crippen LogP contribution in [0.15, 0.2) is 48.5 Å². The summed E-state index contributed by atoms with van der Waals surface area (Å²) >= 11 is 0. The molecule has 2 aliphatic rings. The highest BCUT2D eigenvalue weighted by molar-refractivity contribution is 6.02. The lowest BCUT2D eigenvalue weighted by Gasteiger charge is -2.36.